The molecule has 6 heteroatoms. The average molecular weight is 347 g/mol. The van der Waals surface area contributed by atoms with Gasteiger partial charge < -0.3 is 20.6 Å². The van der Waals surface area contributed by atoms with E-state index in [9.17, 15) is 9.90 Å². The van der Waals surface area contributed by atoms with Crippen LogP contribution in [0.15, 0.2) is 41.1 Å². The molecule has 0 saturated heterocycles. The fourth-order valence-corrected chi connectivity index (χ4v) is 3.00. The Bertz CT molecular complexity index is 612. The molecular weight excluding hydrogens is 322 g/mol. The van der Waals surface area contributed by atoms with Crippen LogP contribution in [-0.4, -0.2) is 38.3 Å². The van der Waals surface area contributed by atoms with Gasteiger partial charge in [0.1, 0.15) is 0 Å². The van der Waals surface area contributed by atoms with Gasteiger partial charge in [0.2, 0.25) is 0 Å². The molecule has 1 aromatic carbocycles. The first kappa shape index (κ1) is 18.3. The standard InChI is InChI=1S/C18H25N3O2S/c1-21(2)16-7-5-14(6-8-16)4-3-10-19-18(23)20-12-17(22)15-9-11-24-13-15/h5-9,11,13,17,22H,3-4,10,12H2,1-2H3,(H2,19,20,23)/t17-/m1/s1. The number of nitrogens with zero attached hydrogens (tertiary/aromatic N) is 1. The first-order valence-corrected chi connectivity index (χ1v) is 8.98. The maximum absolute atomic E-state index is 11.7. The summed E-state index contributed by atoms with van der Waals surface area (Å²) in [6.45, 7) is 0.824. The maximum atomic E-state index is 11.7. The van der Waals surface area contributed by atoms with E-state index in [1.54, 1.807) is 0 Å². The molecule has 5 nitrogen and oxygen atoms in total. The molecule has 130 valence electrons. The molecule has 0 bridgehead atoms. The van der Waals surface area contributed by atoms with E-state index >= 15 is 0 Å². The van der Waals surface area contributed by atoms with Crippen molar-refractivity contribution >= 4 is 23.1 Å². The predicted octanol–water partition coefficient (Wildman–Crippen LogP) is 2.78. The molecule has 3 N–H and O–H groups in total. The van der Waals surface area contributed by atoms with Gasteiger partial charge in [0.15, 0.2) is 0 Å². The topological polar surface area (TPSA) is 64.6 Å². The summed E-state index contributed by atoms with van der Waals surface area (Å²) >= 11 is 1.53. The monoisotopic (exact) mass is 347 g/mol. The second kappa shape index (κ2) is 9.30. The molecule has 1 atom stereocenters. The SMILES string of the molecule is CN(C)c1ccc(CCCNC(=O)NC[C@@H](O)c2ccsc2)cc1. The van der Waals surface area contributed by atoms with Crippen molar-refractivity contribution in [2.45, 2.75) is 18.9 Å². The van der Waals surface area contributed by atoms with Gasteiger partial charge in [0, 0.05) is 32.9 Å². The number of aliphatic hydroxyl groups is 1. The number of benzene rings is 1. The van der Waals surface area contributed by atoms with Crippen LogP contribution in [0.1, 0.15) is 23.7 Å². The highest BCUT2D eigenvalue weighted by atomic mass is 32.1. The first-order chi connectivity index (χ1) is 11.6. The zero-order chi connectivity index (χ0) is 17.4. The Kier molecular flexibility index (Phi) is 7.08. The van der Waals surface area contributed by atoms with E-state index in [-0.39, 0.29) is 12.6 Å². The van der Waals surface area contributed by atoms with Crippen molar-refractivity contribution in [1.82, 2.24) is 10.6 Å². The highest BCUT2D eigenvalue weighted by Gasteiger charge is 2.09. The molecule has 0 fully saturated rings. The molecule has 0 spiro atoms. The summed E-state index contributed by atoms with van der Waals surface area (Å²) in [6, 6.07) is 10.0. The number of nitrogens with one attached hydrogen (secondary N) is 2. The van der Waals surface area contributed by atoms with Gasteiger partial charge in [0.25, 0.3) is 0 Å². The number of hydrogen-bond donors (Lipinski definition) is 3. The molecule has 2 rings (SSSR count). The van der Waals surface area contributed by atoms with Gasteiger partial charge >= 0.3 is 6.03 Å². The van der Waals surface area contributed by atoms with Crippen molar-refractivity contribution in [2.24, 2.45) is 0 Å². The Hall–Kier alpha value is -2.05. The molecule has 0 radical (unpaired) electrons. The van der Waals surface area contributed by atoms with E-state index in [0.717, 1.165) is 18.4 Å². The third-order valence-corrected chi connectivity index (χ3v) is 4.47. The fraction of sp³-hybridized carbons (Fsp3) is 0.389. The van der Waals surface area contributed by atoms with Crippen LogP contribution in [0.2, 0.25) is 0 Å². The number of rotatable bonds is 8. The van der Waals surface area contributed by atoms with Crippen LogP contribution in [0.4, 0.5) is 10.5 Å². The van der Waals surface area contributed by atoms with Crippen molar-refractivity contribution in [3.05, 3.63) is 52.2 Å². The van der Waals surface area contributed by atoms with Crippen LogP contribution in [0.5, 0.6) is 0 Å². The van der Waals surface area contributed by atoms with E-state index in [4.69, 9.17) is 0 Å². The normalized spacial score (nSPS) is 11.8. The number of hydrogen-bond acceptors (Lipinski definition) is 4. The first-order valence-electron chi connectivity index (χ1n) is 8.04. The second-order valence-corrected chi connectivity index (χ2v) is 6.65. The molecule has 0 aliphatic rings. The van der Waals surface area contributed by atoms with Gasteiger partial charge in [-0.25, -0.2) is 4.79 Å². The minimum Gasteiger partial charge on any atom is -0.387 e. The van der Waals surface area contributed by atoms with Crippen LogP contribution in [0, 0.1) is 0 Å². The molecule has 2 amide bonds. The Balaban J connectivity index is 1.60. The molecule has 0 unspecified atom stereocenters. The minimum atomic E-state index is -0.655. The van der Waals surface area contributed by atoms with Crippen molar-refractivity contribution < 1.29 is 9.90 Å². The molecule has 0 aliphatic heterocycles. The number of amides is 2. The van der Waals surface area contributed by atoms with E-state index in [0.29, 0.717) is 6.54 Å². The number of carbonyl (C=O) groups excluding carboxylic acids is 1. The molecule has 0 aliphatic carbocycles. The molecule has 24 heavy (non-hydrogen) atoms. The van der Waals surface area contributed by atoms with Gasteiger partial charge in [-0.15, -0.1) is 0 Å². The largest absolute Gasteiger partial charge is 0.387 e. The van der Waals surface area contributed by atoms with Crippen LogP contribution in [0.3, 0.4) is 0 Å². The van der Waals surface area contributed by atoms with Gasteiger partial charge in [-0.2, -0.15) is 11.3 Å². The summed E-state index contributed by atoms with van der Waals surface area (Å²) in [6.07, 6.45) is 1.14. The predicted molar refractivity (Wildman–Crippen MR) is 99.8 cm³/mol. The minimum absolute atomic E-state index is 0.217. The fourth-order valence-electron chi connectivity index (χ4n) is 2.29. The van der Waals surface area contributed by atoms with Gasteiger partial charge in [-0.1, -0.05) is 12.1 Å². The molecule has 1 heterocycles. The van der Waals surface area contributed by atoms with E-state index in [1.165, 1.54) is 22.6 Å². The maximum Gasteiger partial charge on any atom is 0.314 e. The highest BCUT2D eigenvalue weighted by Crippen LogP contribution is 2.15. The summed E-state index contributed by atoms with van der Waals surface area (Å²) in [5.74, 6) is 0. The van der Waals surface area contributed by atoms with Crippen LogP contribution < -0.4 is 15.5 Å². The Morgan fingerprint density at radius 2 is 1.96 bits per heavy atom. The Morgan fingerprint density at radius 3 is 2.58 bits per heavy atom. The van der Waals surface area contributed by atoms with Gasteiger partial charge in [-0.3, -0.25) is 0 Å². The highest BCUT2D eigenvalue weighted by molar-refractivity contribution is 7.07. The smallest absolute Gasteiger partial charge is 0.314 e. The van der Waals surface area contributed by atoms with Crippen LogP contribution >= 0.6 is 11.3 Å². The zero-order valence-corrected chi connectivity index (χ0v) is 15.0. The third-order valence-electron chi connectivity index (χ3n) is 3.76. The van der Waals surface area contributed by atoms with Gasteiger partial charge in [-0.05, 0) is 52.9 Å². The third kappa shape index (κ3) is 5.86. The number of thiophene rings is 1. The lowest BCUT2D eigenvalue weighted by Gasteiger charge is -2.13. The van der Waals surface area contributed by atoms with E-state index < -0.39 is 6.10 Å². The number of aliphatic hydroxyl groups excluding tert-OH is 1. The van der Waals surface area contributed by atoms with Crippen molar-refractivity contribution in [1.29, 1.82) is 0 Å². The van der Waals surface area contributed by atoms with Crippen molar-refractivity contribution in [3.8, 4) is 0 Å². The molecule has 1 aromatic heterocycles. The summed E-state index contributed by atoms with van der Waals surface area (Å²) < 4.78 is 0. The van der Waals surface area contributed by atoms with E-state index in [2.05, 4.69) is 39.8 Å². The molecule has 0 saturated carbocycles. The molecule has 2 aromatic rings. The zero-order valence-electron chi connectivity index (χ0n) is 14.2. The number of aryl methyl sites for hydroxylation is 1. The van der Waals surface area contributed by atoms with Crippen LogP contribution in [-0.2, 0) is 6.42 Å². The summed E-state index contributed by atoms with van der Waals surface area (Å²) in [7, 11) is 4.04. The lowest BCUT2D eigenvalue weighted by Crippen LogP contribution is -2.38. The lowest BCUT2D eigenvalue weighted by molar-refractivity contribution is 0.173. The number of urea groups is 1. The average Bonchev–Trinajstić information content (AvgIpc) is 3.11. The lowest BCUT2D eigenvalue weighted by atomic mass is 10.1. The summed E-state index contributed by atoms with van der Waals surface area (Å²) in [5, 5.41) is 19.2. The number of carbonyl (C=O) groups is 1. The van der Waals surface area contributed by atoms with Gasteiger partial charge in [0.05, 0.1) is 6.10 Å². The Labute approximate surface area is 147 Å². The number of anilines is 1. The second-order valence-electron chi connectivity index (χ2n) is 5.87. The quantitative estimate of drug-likeness (QED) is 0.644. The summed E-state index contributed by atoms with van der Waals surface area (Å²) in [4.78, 5) is 13.8. The van der Waals surface area contributed by atoms with Crippen LogP contribution in [0.25, 0.3) is 0 Å². The van der Waals surface area contributed by atoms with Crippen molar-refractivity contribution in [3.63, 3.8) is 0 Å². The van der Waals surface area contributed by atoms with Crippen molar-refractivity contribution in [2.75, 3.05) is 32.1 Å². The van der Waals surface area contributed by atoms with E-state index in [1.807, 2.05) is 30.9 Å². The Morgan fingerprint density at radius 1 is 1.21 bits per heavy atom. The summed E-state index contributed by atoms with van der Waals surface area (Å²) in [5.41, 5.74) is 3.28. The molecular formula is C18H25N3O2S.